The summed E-state index contributed by atoms with van der Waals surface area (Å²) in [6.07, 6.45) is 3.96. The summed E-state index contributed by atoms with van der Waals surface area (Å²) in [5, 5.41) is 6.65. The number of benzene rings is 1. The van der Waals surface area contributed by atoms with Crippen LogP contribution in [0.3, 0.4) is 0 Å². The Morgan fingerprint density at radius 2 is 1.96 bits per heavy atom. The van der Waals surface area contributed by atoms with Gasteiger partial charge in [0.05, 0.1) is 22.5 Å². The van der Waals surface area contributed by atoms with Crippen molar-refractivity contribution in [3.63, 3.8) is 0 Å². The van der Waals surface area contributed by atoms with Crippen LogP contribution in [0.4, 0.5) is 9.52 Å². The zero-order valence-electron chi connectivity index (χ0n) is 15.2. The highest BCUT2D eigenvalue weighted by atomic mass is 32.1. The van der Waals surface area contributed by atoms with E-state index < -0.39 is 11.7 Å². The molecule has 0 aliphatic carbocycles. The number of thiazole rings is 1. The lowest BCUT2D eigenvalue weighted by molar-refractivity contribution is 0.102. The number of carbonyl (C=O) groups excluding carboxylic acids is 1. The van der Waals surface area contributed by atoms with Crippen LogP contribution in [-0.4, -0.2) is 33.9 Å². The maximum atomic E-state index is 14.0. The fraction of sp³-hybridized carbons (Fsp3) is 0.368. The summed E-state index contributed by atoms with van der Waals surface area (Å²) in [4.78, 5) is 27.1. The summed E-state index contributed by atoms with van der Waals surface area (Å²) in [5.41, 5.74) is 2.36. The van der Waals surface area contributed by atoms with Gasteiger partial charge in [-0.15, -0.1) is 11.3 Å². The number of rotatable bonds is 3. The molecular weight excluding hydrogens is 365 g/mol. The van der Waals surface area contributed by atoms with Crippen molar-refractivity contribution >= 4 is 33.4 Å². The first-order chi connectivity index (χ1) is 13.0. The molecule has 1 saturated heterocycles. The standard InChI is InChI=1S/C19H20FN5OS/c1-10-11(2)24-17-14(7-13(20)8-15(17)23-10)18(26)25-19-22-9-16(27-19)12-3-5-21-6-4-12/h7-9,12,21H,3-6H2,1-2H3,(H,22,25,26). The maximum Gasteiger partial charge on any atom is 0.259 e. The smallest absolute Gasteiger partial charge is 0.259 e. The number of aryl methyl sites for hydroxylation is 2. The second-order valence-electron chi connectivity index (χ2n) is 6.76. The molecule has 6 nitrogen and oxygen atoms in total. The van der Waals surface area contributed by atoms with Crippen molar-refractivity contribution in [2.24, 2.45) is 0 Å². The van der Waals surface area contributed by atoms with E-state index in [-0.39, 0.29) is 5.56 Å². The van der Waals surface area contributed by atoms with Crippen LogP contribution >= 0.6 is 11.3 Å². The molecular formula is C19H20FN5OS. The third-order valence-corrected chi connectivity index (χ3v) is 5.95. The molecule has 0 bridgehead atoms. The highest BCUT2D eigenvalue weighted by molar-refractivity contribution is 7.15. The number of piperidine rings is 1. The van der Waals surface area contributed by atoms with Gasteiger partial charge in [0, 0.05) is 17.1 Å². The SMILES string of the molecule is Cc1nc2cc(F)cc(C(=O)Nc3ncc(C4CCNCC4)s3)c2nc1C. The Labute approximate surface area is 160 Å². The normalized spacial score (nSPS) is 15.2. The molecule has 1 fully saturated rings. The van der Waals surface area contributed by atoms with Crippen molar-refractivity contribution in [2.45, 2.75) is 32.6 Å². The number of anilines is 1. The molecule has 0 atom stereocenters. The molecule has 3 heterocycles. The fourth-order valence-corrected chi connectivity index (χ4v) is 4.26. The lowest BCUT2D eigenvalue weighted by Gasteiger charge is -2.20. The van der Waals surface area contributed by atoms with Gasteiger partial charge in [0.25, 0.3) is 5.91 Å². The van der Waals surface area contributed by atoms with Crippen LogP contribution < -0.4 is 10.6 Å². The van der Waals surface area contributed by atoms with Gasteiger partial charge in [-0.2, -0.15) is 0 Å². The van der Waals surface area contributed by atoms with Gasteiger partial charge in [0.1, 0.15) is 11.3 Å². The fourth-order valence-electron chi connectivity index (χ4n) is 3.27. The number of hydrogen-bond donors (Lipinski definition) is 2. The Hall–Kier alpha value is -2.45. The van der Waals surface area contributed by atoms with Crippen molar-refractivity contribution < 1.29 is 9.18 Å². The third kappa shape index (κ3) is 3.68. The highest BCUT2D eigenvalue weighted by Crippen LogP contribution is 2.32. The number of hydrogen-bond acceptors (Lipinski definition) is 6. The van der Waals surface area contributed by atoms with E-state index in [2.05, 4.69) is 25.6 Å². The molecule has 3 aromatic rings. The Bertz CT molecular complexity index is 1010. The van der Waals surface area contributed by atoms with Gasteiger partial charge in [-0.05, 0) is 51.8 Å². The van der Waals surface area contributed by atoms with Gasteiger partial charge in [-0.3, -0.25) is 10.1 Å². The Morgan fingerprint density at radius 3 is 2.74 bits per heavy atom. The number of fused-ring (bicyclic) bond motifs is 1. The summed E-state index contributed by atoms with van der Waals surface area (Å²) in [5.74, 6) is -0.469. The Kier molecular flexibility index (Phi) is 4.84. The lowest BCUT2D eigenvalue weighted by atomic mass is 9.97. The van der Waals surface area contributed by atoms with Crippen molar-refractivity contribution in [3.05, 3.63) is 46.0 Å². The quantitative estimate of drug-likeness (QED) is 0.721. The molecule has 4 rings (SSSR count). The molecule has 1 aromatic carbocycles. The van der Waals surface area contributed by atoms with Crippen molar-refractivity contribution in [2.75, 3.05) is 18.4 Å². The molecule has 140 valence electrons. The summed E-state index contributed by atoms with van der Waals surface area (Å²) < 4.78 is 14.0. The molecule has 8 heteroatoms. The third-order valence-electron chi connectivity index (χ3n) is 4.88. The van der Waals surface area contributed by atoms with Gasteiger partial charge in [-0.25, -0.2) is 19.3 Å². The second kappa shape index (κ2) is 7.28. The number of nitrogens with zero attached hydrogens (tertiary/aromatic N) is 3. The lowest BCUT2D eigenvalue weighted by Crippen LogP contribution is -2.26. The molecule has 0 radical (unpaired) electrons. The van der Waals surface area contributed by atoms with Crippen LogP contribution in [0.2, 0.25) is 0 Å². The van der Waals surface area contributed by atoms with E-state index in [4.69, 9.17) is 0 Å². The van der Waals surface area contributed by atoms with E-state index in [0.717, 1.165) is 25.9 Å². The number of carbonyl (C=O) groups is 1. The van der Waals surface area contributed by atoms with E-state index in [1.54, 1.807) is 0 Å². The number of halogens is 1. The van der Waals surface area contributed by atoms with Gasteiger partial charge in [-0.1, -0.05) is 0 Å². The Morgan fingerprint density at radius 1 is 1.22 bits per heavy atom. The van der Waals surface area contributed by atoms with E-state index in [0.29, 0.717) is 33.5 Å². The first-order valence-corrected chi connectivity index (χ1v) is 9.75. The summed E-state index contributed by atoms with van der Waals surface area (Å²) in [6.45, 7) is 5.62. The summed E-state index contributed by atoms with van der Waals surface area (Å²) >= 11 is 1.48. The molecule has 27 heavy (non-hydrogen) atoms. The topological polar surface area (TPSA) is 79.8 Å². The minimum atomic E-state index is -0.514. The van der Waals surface area contributed by atoms with Crippen LogP contribution in [0, 0.1) is 19.7 Å². The summed E-state index contributed by atoms with van der Waals surface area (Å²) in [6, 6.07) is 2.49. The molecule has 0 unspecified atom stereocenters. The van der Waals surface area contributed by atoms with Gasteiger partial charge < -0.3 is 5.32 Å². The van der Waals surface area contributed by atoms with Gasteiger partial charge >= 0.3 is 0 Å². The molecule has 2 N–H and O–H groups in total. The zero-order valence-corrected chi connectivity index (χ0v) is 16.0. The molecule has 1 aliphatic heterocycles. The first-order valence-electron chi connectivity index (χ1n) is 8.93. The average Bonchev–Trinajstić information content (AvgIpc) is 3.11. The van der Waals surface area contributed by atoms with Gasteiger partial charge in [0.15, 0.2) is 5.13 Å². The highest BCUT2D eigenvalue weighted by Gasteiger charge is 2.20. The molecule has 0 spiro atoms. The predicted octanol–water partition coefficient (Wildman–Crippen LogP) is 3.56. The van der Waals surface area contributed by atoms with E-state index >= 15 is 0 Å². The van der Waals surface area contributed by atoms with Crippen molar-refractivity contribution in [1.82, 2.24) is 20.3 Å². The van der Waals surface area contributed by atoms with Crippen LogP contribution in [0.1, 0.15) is 45.4 Å². The molecule has 1 aliphatic rings. The second-order valence-corrected chi connectivity index (χ2v) is 7.82. The van der Waals surface area contributed by atoms with Crippen LogP contribution in [-0.2, 0) is 0 Å². The summed E-state index contributed by atoms with van der Waals surface area (Å²) in [7, 11) is 0. The largest absolute Gasteiger partial charge is 0.317 e. The van der Waals surface area contributed by atoms with E-state index in [1.165, 1.54) is 28.3 Å². The maximum absolute atomic E-state index is 14.0. The van der Waals surface area contributed by atoms with Crippen LogP contribution in [0.15, 0.2) is 18.3 Å². The minimum Gasteiger partial charge on any atom is -0.317 e. The Balaban J connectivity index is 1.61. The number of nitrogens with one attached hydrogen (secondary N) is 2. The molecule has 2 aromatic heterocycles. The molecule has 0 saturated carbocycles. The van der Waals surface area contributed by atoms with E-state index in [1.807, 2.05) is 20.0 Å². The minimum absolute atomic E-state index is 0.166. The molecule has 1 amide bonds. The number of amides is 1. The number of aromatic nitrogens is 3. The van der Waals surface area contributed by atoms with Crippen LogP contribution in [0.5, 0.6) is 0 Å². The monoisotopic (exact) mass is 385 g/mol. The van der Waals surface area contributed by atoms with Crippen molar-refractivity contribution in [1.29, 1.82) is 0 Å². The van der Waals surface area contributed by atoms with Gasteiger partial charge in [0.2, 0.25) is 0 Å². The first kappa shape index (κ1) is 17.9. The van der Waals surface area contributed by atoms with Crippen molar-refractivity contribution in [3.8, 4) is 0 Å². The van der Waals surface area contributed by atoms with Crippen LogP contribution in [0.25, 0.3) is 11.0 Å². The average molecular weight is 385 g/mol. The predicted molar refractivity (Wildman–Crippen MR) is 104 cm³/mol. The van der Waals surface area contributed by atoms with E-state index in [9.17, 15) is 9.18 Å². The zero-order chi connectivity index (χ0) is 19.0.